The van der Waals surface area contributed by atoms with Crippen LogP contribution in [0.1, 0.15) is 32.3 Å². The van der Waals surface area contributed by atoms with Crippen molar-refractivity contribution in [2.24, 2.45) is 0 Å². The largest absolute Gasteiger partial charge is 0.325 e. The number of hydrogen-bond donors (Lipinski definition) is 1. The molecule has 0 atom stereocenters. The second-order valence-electron chi connectivity index (χ2n) is 4.68. The molecule has 4 heteroatoms. The van der Waals surface area contributed by atoms with Crippen LogP contribution in [0, 0.1) is 6.92 Å². The fraction of sp³-hybridized carbons (Fsp3) is 0.533. The van der Waals surface area contributed by atoms with E-state index >= 15 is 0 Å². The average Bonchev–Trinajstić information content (AvgIpc) is 2.40. The first kappa shape index (κ1) is 16.0. The molecule has 0 aliphatic carbocycles. The first-order valence-electron chi connectivity index (χ1n) is 6.85. The lowest BCUT2D eigenvalue weighted by molar-refractivity contribution is -0.117. The van der Waals surface area contributed by atoms with Gasteiger partial charge in [0.15, 0.2) is 0 Å². The van der Waals surface area contributed by atoms with Crippen molar-refractivity contribution < 1.29 is 4.79 Å². The lowest BCUT2D eigenvalue weighted by Gasteiger charge is -2.19. The molecule has 19 heavy (non-hydrogen) atoms. The van der Waals surface area contributed by atoms with Crippen molar-refractivity contribution in [3.63, 3.8) is 0 Å². The molecule has 0 saturated carbocycles. The first-order valence-corrected chi connectivity index (χ1v) is 7.23. The molecule has 0 unspecified atom stereocenters. The molecular formula is C15H23ClN2O. The summed E-state index contributed by atoms with van der Waals surface area (Å²) in [5, 5.41) is 3.60. The number of carbonyl (C=O) groups excluding carboxylic acids is 1. The number of unbranched alkanes of at least 4 members (excludes halogenated alkanes) is 1. The third-order valence-electron chi connectivity index (χ3n) is 3.18. The van der Waals surface area contributed by atoms with Gasteiger partial charge in [0.05, 0.1) is 6.54 Å². The van der Waals surface area contributed by atoms with E-state index in [1.165, 1.54) is 0 Å². The first-order chi connectivity index (χ1) is 9.08. The van der Waals surface area contributed by atoms with Crippen LogP contribution in [0.15, 0.2) is 18.2 Å². The molecule has 0 heterocycles. The van der Waals surface area contributed by atoms with E-state index in [4.69, 9.17) is 11.6 Å². The van der Waals surface area contributed by atoms with Crippen LogP contribution in [0.25, 0.3) is 0 Å². The Morgan fingerprint density at radius 3 is 2.74 bits per heavy atom. The summed E-state index contributed by atoms with van der Waals surface area (Å²) in [6.07, 6.45) is 2.27. The maximum atomic E-state index is 12.0. The Labute approximate surface area is 120 Å². The van der Waals surface area contributed by atoms with Gasteiger partial charge in [0.2, 0.25) is 5.91 Å². The minimum atomic E-state index is 0.0170. The van der Waals surface area contributed by atoms with Gasteiger partial charge < -0.3 is 5.32 Å². The number of rotatable bonds is 7. The van der Waals surface area contributed by atoms with Crippen molar-refractivity contribution in [3.8, 4) is 0 Å². The zero-order valence-corrected chi connectivity index (χ0v) is 12.8. The van der Waals surface area contributed by atoms with Crippen molar-refractivity contribution in [1.29, 1.82) is 0 Å². The highest BCUT2D eigenvalue weighted by atomic mass is 35.5. The van der Waals surface area contributed by atoms with Gasteiger partial charge in [-0.1, -0.05) is 37.9 Å². The standard InChI is InChI=1S/C15H23ClN2O/c1-4-6-10-18(5-2)11-15(19)17-14-9-7-8-13(16)12(14)3/h7-9H,4-6,10-11H2,1-3H3,(H,17,19). The highest BCUT2D eigenvalue weighted by Gasteiger charge is 2.10. The second kappa shape index (κ2) is 8.18. The van der Waals surface area contributed by atoms with Gasteiger partial charge in [0.25, 0.3) is 0 Å². The van der Waals surface area contributed by atoms with E-state index in [1.54, 1.807) is 0 Å². The fourth-order valence-electron chi connectivity index (χ4n) is 1.87. The normalized spacial score (nSPS) is 10.8. The van der Waals surface area contributed by atoms with Crippen LogP contribution < -0.4 is 5.32 Å². The molecule has 1 aromatic rings. The van der Waals surface area contributed by atoms with E-state index in [9.17, 15) is 4.79 Å². The predicted molar refractivity (Wildman–Crippen MR) is 81.8 cm³/mol. The maximum Gasteiger partial charge on any atom is 0.238 e. The molecule has 1 amide bonds. The third kappa shape index (κ3) is 5.21. The molecule has 3 nitrogen and oxygen atoms in total. The van der Waals surface area contributed by atoms with Gasteiger partial charge in [-0.2, -0.15) is 0 Å². The Morgan fingerprint density at radius 2 is 2.11 bits per heavy atom. The number of nitrogens with one attached hydrogen (secondary N) is 1. The Kier molecular flexibility index (Phi) is 6.89. The summed E-state index contributed by atoms with van der Waals surface area (Å²) in [6.45, 7) is 8.43. The van der Waals surface area contributed by atoms with Crippen molar-refractivity contribution in [1.82, 2.24) is 4.90 Å². The topological polar surface area (TPSA) is 32.3 Å². The second-order valence-corrected chi connectivity index (χ2v) is 5.09. The number of amides is 1. The lowest BCUT2D eigenvalue weighted by Crippen LogP contribution is -2.34. The number of halogens is 1. The Hall–Kier alpha value is -1.06. The summed E-state index contributed by atoms with van der Waals surface area (Å²) in [6, 6.07) is 5.55. The summed E-state index contributed by atoms with van der Waals surface area (Å²) < 4.78 is 0. The number of nitrogens with zero attached hydrogens (tertiary/aromatic N) is 1. The molecule has 1 rings (SSSR count). The van der Waals surface area contributed by atoms with Gasteiger partial charge in [-0.05, 0) is 44.1 Å². The number of anilines is 1. The van der Waals surface area contributed by atoms with Gasteiger partial charge in [-0.15, -0.1) is 0 Å². The summed E-state index contributed by atoms with van der Waals surface area (Å²) in [7, 11) is 0. The summed E-state index contributed by atoms with van der Waals surface area (Å²) >= 11 is 6.04. The van der Waals surface area contributed by atoms with Crippen molar-refractivity contribution in [3.05, 3.63) is 28.8 Å². The van der Waals surface area contributed by atoms with Crippen LogP contribution in [0.3, 0.4) is 0 Å². The molecule has 0 aromatic heterocycles. The monoisotopic (exact) mass is 282 g/mol. The molecule has 0 bridgehead atoms. The lowest BCUT2D eigenvalue weighted by atomic mass is 10.2. The Balaban J connectivity index is 2.56. The molecule has 0 aliphatic heterocycles. The Bertz CT molecular complexity index is 421. The highest BCUT2D eigenvalue weighted by Crippen LogP contribution is 2.22. The zero-order valence-electron chi connectivity index (χ0n) is 12.0. The van der Waals surface area contributed by atoms with E-state index < -0.39 is 0 Å². The number of carbonyl (C=O) groups is 1. The summed E-state index contributed by atoms with van der Waals surface area (Å²) in [5.74, 6) is 0.0170. The smallest absolute Gasteiger partial charge is 0.238 e. The van der Waals surface area contributed by atoms with E-state index in [1.807, 2.05) is 25.1 Å². The van der Waals surface area contributed by atoms with Gasteiger partial charge in [0.1, 0.15) is 0 Å². The van der Waals surface area contributed by atoms with Crippen LogP contribution in [0.4, 0.5) is 5.69 Å². The highest BCUT2D eigenvalue weighted by molar-refractivity contribution is 6.31. The van der Waals surface area contributed by atoms with Crippen LogP contribution in [-0.2, 0) is 4.79 Å². The molecular weight excluding hydrogens is 260 g/mol. The van der Waals surface area contributed by atoms with Gasteiger partial charge in [-0.3, -0.25) is 9.69 Å². The van der Waals surface area contributed by atoms with Crippen LogP contribution in [0.5, 0.6) is 0 Å². The molecule has 0 fully saturated rings. The molecule has 1 N–H and O–H groups in total. The van der Waals surface area contributed by atoms with Gasteiger partial charge >= 0.3 is 0 Å². The molecule has 0 saturated heterocycles. The SMILES string of the molecule is CCCCN(CC)CC(=O)Nc1cccc(Cl)c1C. The number of likely N-dealkylation sites (N-methyl/N-ethyl adjacent to an activating group) is 1. The fourth-order valence-corrected chi connectivity index (χ4v) is 2.04. The van der Waals surface area contributed by atoms with Crippen molar-refractivity contribution >= 4 is 23.2 Å². The molecule has 106 valence electrons. The quantitative estimate of drug-likeness (QED) is 0.827. The van der Waals surface area contributed by atoms with Crippen molar-refractivity contribution in [2.75, 3.05) is 25.0 Å². The van der Waals surface area contributed by atoms with Crippen LogP contribution >= 0.6 is 11.6 Å². The molecule has 0 aliphatic rings. The zero-order chi connectivity index (χ0) is 14.3. The summed E-state index contributed by atoms with van der Waals surface area (Å²) in [4.78, 5) is 14.2. The average molecular weight is 283 g/mol. The third-order valence-corrected chi connectivity index (χ3v) is 3.59. The van der Waals surface area contributed by atoms with E-state index in [0.29, 0.717) is 11.6 Å². The van der Waals surface area contributed by atoms with Gasteiger partial charge in [-0.25, -0.2) is 0 Å². The van der Waals surface area contributed by atoms with E-state index in [2.05, 4.69) is 24.1 Å². The molecule has 0 radical (unpaired) electrons. The Morgan fingerprint density at radius 1 is 1.37 bits per heavy atom. The maximum absolute atomic E-state index is 12.0. The van der Waals surface area contributed by atoms with Crippen molar-refractivity contribution in [2.45, 2.75) is 33.6 Å². The minimum Gasteiger partial charge on any atom is -0.325 e. The minimum absolute atomic E-state index is 0.0170. The van der Waals surface area contributed by atoms with Crippen LogP contribution in [0.2, 0.25) is 5.02 Å². The predicted octanol–water partition coefficient (Wildman–Crippen LogP) is 3.71. The molecule has 1 aromatic carbocycles. The van der Waals surface area contributed by atoms with Crippen LogP contribution in [-0.4, -0.2) is 30.4 Å². The van der Waals surface area contributed by atoms with Gasteiger partial charge in [0, 0.05) is 10.7 Å². The number of hydrogen-bond acceptors (Lipinski definition) is 2. The van der Waals surface area contributed by atoms with E-state index in [0.717, 1.165) is 37.2 Å². The number of benzene rings is 1. The molecule has 0 spiro atoms. The van der Waals surface area contributed by atoms with E-state index in [-0.39, 0.29) is 5.91 Å². The summed E-state index contributed by atoms with van der Waals surface area (Å²) in [5.41, 5.74) is 1.71.